The Labute approximate surface area is 186 Å². The van der Waals surface area contributed by atoms with Gasteiger partial charge in [-0.05, 0) is 54.6 Å². The number of nitrogens with zero attached hydrogens (tertiary/aromatic N) is 2. The van der Waals surface area contributed by atoms with Gasteiger partial charge in [0.15, 0.2) is 0 Å². The van der Waals surface area contributed by atoms with Crippen molar-refractivity contribution in [1.29, 1.82) is 0 Å². The van der Waals surface area contributed by atoms with Crippen LogP contribution in [0.4, 0.5) is 21.2 Å². The zero-order valence-electron chi connectivity index (χ0n) is 16.4. The topological polar surface area (TPSA) is 92.6 Å². The van der Waals surface area contributed by atoms with Crippen LogP contribution in [0, 0.1) is 17.0 Å². The molecule has 4 rings (SSSR count). The minimum absolute atomic E-state index is 0.0266. The van der Waals surface area contributed by atoms with Gasteiger partial charge in [0, 0.05) is 22.7 Å². The van der Waals surface area contributed by atoms with Crippen molar-refractivity contribution in [1.82, 2.24) is 4.90 Å². The Balaban J connectivity index is 1.44. The van der Waals surface area contributed by atoms with Gasteiger partial charge in [0.05, 0.1) is 21.4 Å². The van der Waals surface area contributed by atoms with Crippen LogP contribution >= 0.6 is 23.1 Å². The number of nitrogens with one attached hydrogen (secondary N) is 1. The number of hydrogen-bond acceptors (Lipinski definition) is 7. The summed E-state index contributed by atoms with van der Waals surface area (Å²) in [6.07, 6.45) is 1.71. The molecule has 1 fully saturated rings. The number of nitro groups is 1. The van der Waals surface area contributed by atoms with E-state index in [0.29, 0.717) is 4.91 Å². The van der Waals surface area contributed by atoms with Crippen molar-refractivity contribution in [2.24, 2.45) is 0 Å². The van der Waals surface area contributed by atoms with Crippen LogP contribution in [0.1, 0.15) is 16.0 Å². The maximum Gasteiger partial charge on any atom is 0.293 e. The molecule has 156 valence electrons. The zero-order chi connectivity index (χ0) is 22.0. The van der Waals surface area contributed by atoms with Crippen LogP contribution in [-0.2, 0) is 11.3 Å². The molecule has 1 aliphatic heterocycles. The van der Waals surface area contributed by atoms with E-state index in [1.165, 1.54) is 28.4 Å². The summed E-state index contributed by atoms with van der Waals surface area (Å²) in [5.41, 5.74) is 2.77. The Morgan fingerprint density at radius 2 is 1.74 bits per heavy atom. The first-order chi connectivity index (χ1) is 14.9. The highest BCUT2D eigenvalue weighted by atomic mass is 32.2. The molecule has 1 saturated heterocycles. The van der Waals surface area contributed by atoms with Gasteiger partial charge in [-0.25, -0.2) is 0 Å². The van der Waals surface area contributed by atoms with Crippen LogP contribution in [-0.4, -0.2) is 21.0 Å². The molecule has 2 aromatic carbocycles. The first kappa shape index (κ1) is 20.8. The molecule has 0 spiro atoms. The van der Waals surface area contributed by atoms with Crippen LogP contribution in [0.5, 0.6) is 0 Å². The van der Waals surface area contributed by atoms with E-state index in [9.17, 15) is 19.7 Å². The summed E-state index contributed by atoms with van der Waals surface area (Å²) in [6, 6.07) is 17.6. The van der Waals surface area contributed by atoms with Gasteiger partial charge in [0.2, 0.25) is 0 Å². The quantitative estimate of drug-likeness (QED) is 0.283. The van der Waals surface area contributed by atoms with Crippen LogP contribution < -0.4 is 5.32 Å². The molecular formula is C22H17N3O4S2. The number of hydrogen-bond donors (Lipinski definition) is 1. The average Bonchev–Trinajstić information content (AvgIpc) is 3.29. The number of non-ortho nitro benzene ring substituents is 1. The predicted octanol–water partition coefficient (Wildman–Crippen LogP) is 5.94. The summed E-state index contributed by atoms with van der Waals surface area (Å²) in [6.45, 7) is 2.23. The molecule has 0 aliphatic carbocycles. The number of carbonyl (C=O) groups excluding carboxylic acids is 2. The van der Waals surface area contributed by atoms with Crippen molar-refractivity contribution in [2.45, 2.75) is 13.5 Å². The highest BCUT2D eigenvalue weighted by molar-refractivity contribution is 8.18. The van der Waals surface area contributed by atoms with Crippen molar-refractivity contribution < 1.29 is 14.5 Å². The summed E-state index contributed by atoms with van der Waals surface area (Å²) in [7, 11) is 0. The molecule has 9 heteroatoms. The largest absolute Gasteiger partial charge is 0.347 e. The molecule has 2 heterocycles. The number of thiophene rings is 1. The molecule has 0 bridgehead atoms. The van der Waals surface area contributed by atoms with Gasteiger partial charge in [0.25, 0.3) is 16.8 Å². The number of amides is 2. The Kier molecular flexibility index (Phi) is 5.88. The fourth-order valence-corrected chi connectivity index (χ4v) is 4.72. The number of carbonyl (C=O) groups is 2. The molecule has 0 radical (unpaired) electrons. The van der Waals surface area contributed by atoms with Crippen molar-refractivity contribution in [3.05, 3.63) is 91.7 Å². The van der Waals surface area contributed by atoms with E-state index in [2.05, 4.69) is 5.32 Å². The first-order valence-electron chi connectivity index (χ1n) is 9.31. The Morgan fingerprint density at radius 3 is 2.42 bits per heavy atom. The molecule has 7 nitrogen and oxygen atoms in total. The molecule has 0 saturated carbocycles. The summed E-state index contributed by atoms with van der Waals surface area (Å²) < 4.78 is 0. The summed E-state index contributed by atoms with van der Waals surface area (Å²) in [5.74, 6) is -0.297. The summed E-state index contributed by atoms with van der Waals surface area (Å²) in [4.78, 5) is 37.8. The lowest BCUT2D eigenvalue weighted by Gasteiger charge is -2.12. The van der Waals surface area contributed by atoms with E-state index in [-0.39, 0.29) is 23.4 Å². The van der Waals surface area contributed by atoms with Crippen LogP contribution in [0.2, 0.25) is 0 Å². The molecule has 0 unspecified atom stereocenters. The third-order valence-corrected chi connectivity index (χ3v) is 6.44. The predicted molar refractivity (Wildman–Crippen MR) is 123 cm³/mol. The average molecular weight is 452 g/mol. The minimum Gasteiger partial charge on any atom is -0.347 e. The zero-order valence-corrected chi connectivity index (χ0v) is 18.0. The summed E-state index contributed by atoms with van der Waals surface area (Å²) >= 11 is 2.36. The van der Waals surface area contributed by atoms with Crippen LogP contribution in [0.3, 0.4) is 0 Å². The van der Waals surface area contributed by atoms with Crippen molar-refractivity contribution in [3.63, 3.8) is 0 Å². The van der Waals surface area contributed by atoms with Crippen molar-refractivity contribution in [2.75, 3.05) is 5.32 Å². The minimum atomic E-state index is -0.446. The van der Waals surface area contributed by atoms with E-state index in [0.717, 1.165) is 38.5 Å². The smallest absolute Gasteiger partial charge is 0.293 e. The molecule has 0 atom stereocenters. The van der Waals surface area contributed by atoms with Gasteiger partial charge in [0.1, 0.15) is 0 Å². The number of aryl methyl sites for hydroxylation is 1. The monoisotopic (exact) mass is 451 g/mol. The maximum atomic E-state index is 12.7. The van der Waals surface area contributed by atoms with E-state index in [4.69, 9.17) is 0 Å². The molecule has 1 aromatic heterocycles. The number of nitro benzene ring substituents is 1. The Morgan fingerprint density at radius 1 is 1.03 bits per heavy atom. The number of imide groups is 1. The lowest BCUT2D eigenvalue weighted by molar-refractivity contribution is -0.384. The number of thioether (sulfide) groups is 1. The lowest BCUT2D eigenvalue weighted by Crippen LogP contribution is -2.27. The second-order valence-corrected chi connectivity index (χ2v) is 8.99. The molecule has 31 heavy (non-hydrogen) atoms. The summed E-state index contributed by atoms with van der Waals surface area (Å²) in [5, 5.41) is 14.5. The van der Waals surface area contributed by atoms with E-state index < -0.39 is 4.92 Å². The van der Waals surface area contributed by atoms with Gasteiger partial charge in [-0.3, -0.25) is 24.6 Å². The number of benzene rings is 2. The number of rotatable bonds is 6. The molecule has 3 aromatic rings. The van der Waals surface area contributed by atoms with Gasteiger partial charge in [-0.2, -0.15) is 0 Å². The van der Waals surface area contributed by atoms with Crippen molar-refractivity contribution >= 4 is 56.7 Å². The van der Waals surface area contributed by atoms with E-state index in [1.807, 2.05) is 43.3 Å². The second-order valence-electron chi connectivity index (χ2n) is 6.88. The third-order valence-electron chi connectivity index (χ3n) is 4.58. The fourth-order valence-electron chi connectivity index (χ4n) is 2.95. The highest BCUT2D eigenvalue weighted by Gasteiger charge is 2.35. The van der Waals surface area contributed by atoms with Gasteiger partial charge >= 0.3 is 0 Å². The Hall–Kier alpha value is -3.43. The van der Waals surface area contributed by atoms with E-state index in [1.54, 1.807) is 18.2 Å². The third kappa shape index (κ3) is 4.84. The van der Waals surface area contributed by atoms with Gasteiger partial charge in [-0.1, -0.05) is 29.8 Å². The first-order valence-corrected chi connectivity index (χ1v) is 10.9. The highest BCUT2D eigenvalue weighted by Crippen LogP contribution is 2.35. The molecule has 2 amide bonds. The maximum absolute atomic E-state index is 12.7. The SMILES string of the molecule is Cc1ccc(CN2C(=O)S/C(=C\c3ccc(Nc4ccc([N+](=O)[O-])cc4)s3)C2=O)cc1. The van der Waals surface area contributed by atoms with Gasteiger partial charge in [-0.15, -0.1) is 11.3 Å². The molecular weight excluding hydrogens is 434 g/mol. The number of anilines is 2. The normalized spacial score (nSPS) is 15.0. The standard InChI is InChI=1S/C22H17N3O4S2/c1-14-2-4-15(5-3-14)13-24-21(26)19(31-22(24)27)12-18-10-11-20(30-18)23-16-6-8-17(9-7-16)25(28)29/h2-12,23H,13H2,1H3/b19-12-. The lowest BCUT2D eigenvalue weighted by atomic mass is 10.1. The van der Waals surface area contributed by atoms with Crippen molar-refractivity contribution in [3.8, 4) is 0 Å². The fraction of sp³-hybridized carbons (Fsp3) is 0.0909. The van der Waals surface area contributed by atoms with Crippen LogP contribution in [0.25, 0.3) is 6.08 Å². The second kappa shape index (κ2) is 8.75. The Bertz CT molecular complexity index is 1180. The van der Waals surface area contributed by atoms with E-state index >= 15 is 0 Å². The van der Waals surface area contributed by atoms with Crippen LogP contribution in [0.15, 0.2) is 65.6 Å². The molecule has 1 N–H and O–H groups in total. The molecule has 1 aliphatic rings. The van der Waals surface area contributed by atoms with Gasteiger partial charge < -0.3 is 5.32 Å².